The number of aromatic nitrogens is 2. The quantitative estimate of drug-likeness (QED) is 0.820. The summed E-state index contributed by atoms with van der Waals surface area (Å²) in [6, 6.07) is 0. The fourth-order valence-corrected chi connectivity index (χ4v) is 2.63. The SMILES string of the molecule is CNc1c(Cl)ncnc1N1CCC(C(C)O)CC1. The molecule has 5 nitrogen and oxygen atoms in total. The zero-order valence-corrected chi connectivity index (χ0v) is 11.5. The minimum atomic E-state index is -0.232. The van der Waals surface area contributed by atoms with Crippen molar-refractivity contribution < 1.29 is 5.11 Å². The van der Waals surface area contributed by atoms with E-state index in [1.165, 1.54) is 6.33 Å². The fourth-order valence-electron chi connectivity index (χ4n) is 2.40. The van der Waals surface area contributed by atoms with E-state index in [0.717, 1.165) is 37.4 Å². The Morgan fingerprint density at radius 2 is 2.11 bits per heavy atom. The largest absolute Gasteiger partial charge is 0.393 e. The molecule has 2 heterocycles. The van der Waals surface area contributed by atoms with Crippen LogP contribution in [-0.4, -0.2) is 41.3 Å². The molecule has 1 aromatic rings. The number of hydrogen-bond acceptors (Lipinski definition) is 5. The highest BCUT2D eigenvalue weighted by atomic mass is 35.5. The van der Waals surface area contributed by atoms with Gasteiger partial charge in [-0.3, -0.25) is 0 Å². The number of halogens is 1. The topological polar surface area (TPSA) is 61.3 Å². The maximum Gasteiger partial charge on any atom is 0.157 e. The first-order chi connectivity index (χ1) is 8.63. The number of aliphatic hydroxyl groups is 1. The average Bonchev–Trinajstić information content (AvgIpc) is 2.38. The highest BCUT2D eigenvalue weighted by Gasteiger charge is 2.25. The number of piperidine rings is 1. The van der Waals surface area contributed by atoms with E-state index in [1.54, 1.807) is 0 Å². The van der Waals surface area contributed by atoms with E-state index in [2.05, 4.69) is 20.2 Å². The van der Waals surface area contributed by atoms with Gasteiger partial charge in [-0.25, -0.2) is 9.97 Å². The summed E-state index contributed by atoms with van der Waals surface area (Å²) in [6.07, 6.45) is 3.20. The predicted molar refractivity (Wildman–Crippen MR) is 73.2 cm³/mol. The second kappa shape index (κ2) is 5.71. The van der Waals surface area contributed by atoms with Gasteiger partial charge in [0.1, 0.15) is 12.0 Å². The molecule has 1 aromatic heterocycles. The fraction of sp³-hybridized carbons (Fsp3) is 0.667. The molecule has 1 saturated heterocycles. The zero-order chi connectivity index (χ0) is 13.1. The molecule has 1 aliphatic rings. The maximum atomic E-state index is 9.60. The summed E-state index contributed by atoms with van der Waals surface area (Å²) in [5.74, 6) is 1.23. The Labute approximate surface area is 112 Å². The summed E-state index contributed by atoms with van der Waals surface area (Å²) in [6.45, 7) is 3.64. The lowest BCUT2D eigenvalue weighted by atomic mass is 9.92. The van der Waals surface area contributed by atoms with Gasteiger partial charge in [-0.15, -0.1) is 0 Å². The third-order valence-corrected chi connectivity index (χ3v) is 3.84. The second-order valence-corrected chi connectivity index (χ2v) is 5.04. The first-order valence-electron chi connectivity index (χ1n) is 6.24. The Hall–Kier alpha value is -1.07. The van der Waals surface area contributed by atoms with Crippen molar-refractivity contribution in [2.75, 3.05) is 30.4 Å². The molecule has 6 heteroatoms. The van der Waals surface area contributed by atoms with Gasteiger partial charge in [-0.1, -0.05) is 11.6 Å². The van der Waals surface area contributed by atoms with Crippen molar-refractivity contribution in [3.05, 3.63) is 11.5 Å². The molecule has 0 saturated carbocycles. The van der Waals surface area contributed by atoms with E-state index in [4.69, 9.17) is 11.6 Å². The van der Waals surface area contributed by atoms with Crippen LogP contribution in [0.5, 0.6) is 0 Å². The molecule has 2 N–H and O–H groups in total. The van der Waals surface area contributed by atoms with Gasteiger partial charge in [0.2, 0.25) is 0 Å². The molecule has 1 fully saturated rings. The normalized spacial score (nSPS) is 18.8. The second-order valence-electron chi connectivity index (χ2n) is 4.68. The molecular weight excluding hydrogens is 252 g/mol. The van der Waals surface area contributed by atoms with E-state index in [-0.39, 0.29) is 6.10 Å². The van der Waals surface area contributed by atoms with Gasteiger partial charge in [-0.2, -0.15) is 0 Å². The molecule has 1 atom stereocenters. The first-order valence-corrected chi connectivity index (χ1v) is 6.62. The molecule has 18 heavy (non-hydrogen) atoms. The van der Waals surface area contributed by atoms with Crippen LogP contribution >= 0.6 is 11.6 Å². The van der Waals surface area contributed by atoms with E-state index in [9.17, 15) is 5.11 Å². The molecule has 100 valence electrons. The van der Waals surface area contributed by atoms with Gasteiger partial charge in [0, 0.05) is 20.1 Å². The highest BCUT2D eigenvalue weighted by Crippen LogP contribution is 2.32. The number of anilines is 2. The molecule has 0 spiro atoms. The highest BCUT2D eigenvalue weighted by molar-refractivity contribution is 6.32. The number of nitrogens with zero attached hydrogens (tertiary/aromatic N) is 3. The van der Waals surface area contributed by atoms with Crippen LogP contribution in [0.25, 0.3) is 0 Å². The summed E-state index contributed by atoms with van der Waals surface area (Å²) in [4.78, 5) is 10.5. The monoisotopic (exact) mass is 270 g/mol. The third kappa shape index (κ3) is 2.67. The van der Waals surface area contributed by atoms with Gasteiger partial charge >= 0.3 is 0 Å². The van der Waals surface area contributed by atoms with Crippen LogP contribution < -0.4 is 10.2 Å². The van der Waals surface area contributed by atoms with Crippen LogP contribution in [0.4, 0.5) is 11.5 Å². The molecule has 0 radical (unpaired) electrons. The summed E-state index contributed by atoms with van der Waals surface area (Å²) < 4.78 is 0. The van der Waals surface area contributed by atoms with E-state index >= 15 is 0 Å². The lowest BCUT2D eigenvalue weighted by Crippen LogP contribution is -2.37. The molecule has 0 aliphatic carbocycles. The number of nitrogens with one attached hydrogen (secondary N) is 1. The maximum absolute atomic E-state index is 9.60. The average molecular weight is 271 g/mol. The Morgan fingerprint density at radius 3 is 2.67 bits per heavy atom. The van der Waals surface area contributed by atoms with Crippen LogP contribution in [0.1, 0.15) is 19.8 Å². The van der Waals surface area contributed by atoms with Gasteiger partial charge in [0.25, 0.3) is 0 Å². The van der Waals surface area contributed by atoms with Crippen LogP contribution in [-0.2, 0) is 0 Å². The predicted octanol–water partition coefficient (Wildman–Crippen LogP) is 1.77. The Bertz CT molecular complexity index is 405. The minimum absolute atomic E-state index is 0.232. The molecule has 1 unspecified atom stereocenters. The number of hydrogen-bond donors (Lipinski definition) is 2. The summed E-state index contributed by atoms with van der Waals surface area (Å²) in [5, 5.41) is 13.1. The van der Waals surface area contributed by atoms with Gasteiger partial charge in [0.15, 0.2) is 11.0 Å². The lowest BCUT2D eigenvalue weighted by molar-refractivity contribution is 0.110. The van der Waals surface area contributed by atoms with Gasteiger partial charge in [-0.05, 0) is 25.7 Å². The van der Waals surface area contributed by atoms with Crippen molar-refractivity contribution in [3.63, 3.8) is 0 Å². The van der Waals surface area contributed by atoms with Crippen molar-refractivity contribution >= 4 is 23.1 Å². The Morgan fingerprint density at radius 1 is 1.44 bits per heavy atom. The summed E-state index contributed by atoms with van der Waals surface area (Å²) in [5.41, 5.74) is 0.773. The van der Waals surface area contributed by atoms with Crippen molar-refractivity contribution in [2.45, 2.75) is 25.9 Å². The Kier molecular flexibility index (Phi) is 4.24. The lowest BCUT2D eigenvalue weighted by Gasteiger charge is -2.34. The van der Waals surface area contributed by atoms with Crippen LogP contribution in [0.3, 0.4) is 0 Å². The zero-order valence-electron chi connectivity index (χ0n) is 10.7. The van der Waals surface area contributed by atoms with E-state index in [1.807, 2.05) is 14.0 Å². The van der Waals surface area contributed by atoms with Crippen molar-refractivity contribution in [3.8, 4) is 0 Å². The molecule has 0 amide bonds. The molecule has 0 aromatic carbocycles. The molecule has 2 rings (SSSR count). The molecular formula is C12H19ClN4O. The van der Waals surface area contributed by atoms with Crippen LogP contribution in [0, 0.1) is 5.92 Å². The minimum Gasteiger partial charge on any atom is -0.393 e. The number of rotatable bonds is 3. The summed E-state index contributed by atoms with van der Waals surface area (Å²) >= 11 is 6.05. The number of aliphatic hydroxyl groups excluding tert-OH is 1. The van der Waals surface area contributed by atoms with Crippen LogP contribution in [0.2, 0.25) is 5.15 Å². The van der Waals surface area contributed by atoms with Gasteiger partial charge < -0.3 is 15.3 Å². The van der Waals surface area contributed by atoms with E-state index in [0.29, 0.717) is 11.1 Å². The van der Waals surface area contributed by atoms with Gasteiger partial charge in [0.05, 0.1) is 6.10 Å². The van der Waals surface area contributed by atoms with Crippen LogP contribution in [0.15, 0.2) is 6.33 Å². The molecule has 1 aliphatic heterocycles. The molecule has 0 bridgehead atoms. The first kappa shape index (κ1) is 13.4. The third-order valence-electron chi connectivity index (χ3n) is 3.55. The standard InChI is InChI=1S/C12H19ClN4O/c1-8(18)9-3-5-17(6-4-9)12-10(14-2)11(13)15-7-16-12/h7-9,14,18H,3-6H2,1-2H3. The van der Waals surface area contributed by atoms with E-state index < -0.39 is 0 Å². The smallest absolute Gasteiger partial charge is 0.157 e. The Balaban J connectivity index is 2.12. The summed E-state index contributed by atoms with van der Waals surface area (Å²) in [7, 11) is 1.82. The van der Waals surface area contributed by atoms with Crippen molar-refractivity contribution in [2.24, 2.45) is 5.92 Å². The van der Waals surface area contributed by atoms with Crippen molar-refractivity contribution in [1.82, 2.24) is 9.97 Å². The van der Waals surface area contributed by atoms with Crippen molar-refractivity contribution in [1.29, 1.82) is 0 Å².